The molecule has 2 aromatic carbocycles. The van der Waals surface area contributed by atoms with Crippen LogP contribution in [0.1, 0.15) is 5.56 Å². The molecule has 0 spiro atoms. The molecule has 0 aliphatic heterocycles. The molecule has 25 heavy (non-hydrogen) atoms. The Balaban J connectivity index is 1.71. The fraction of sp³-hybridized carbons (Fsp3) is 0.111. The molecule has 0 saturated carbocycles. The molecule has 3 aromatic rings. The molecule has 1 N–H and O–H groups in total. The normalized spacial score (nSPS) is 10.7. The number of amides is 1. The van der Waals surface area contributed by atoms with Crippen LogP contribution in [0.2, 0.25) is 5.02 Å². The summed E-state index contributed by atoms with van der Waals surface area (Å²) in [6, 6.07) is 11.7. The van der Waals surface area contributed by atoms with Crippen molar-refractivity contribution in [1.82, 2.24) is 9.55 Å². The summed E-state index contributed by atoms with van der Waals surface area (Å²) in [5, 5.41) is 3.89. The van der Waals surface area contributed by atoms with Gasteiger partial charge in [-0.3, -0.25) is 9.36 Å². The first-order valence-electron chi connectivity index (χ1n) is 7.52. The molecule has 0 aliphatic carbocycles. The maximum atomic E-state index is 13.6. The Hall–Kier alpha value is -2.31. The number of carbonyl (C=O) groups is 1. The van der Waals surface area contributed by atoms with Crippen molar-refractivity contribution in [2.24, 2.45) is 0 Å². The fourth-order valence-corrected chi connectivity index (χ4v) is 3.25. The third kappa shape index (κ3) is 4.03. The van der Waals surface area contributed by atoms with Gasteiger partial charge in [-0.1, -0.05) is 41.6 Å². The first-order chi connectivity index (χ1) is 12.1. The molecule has 1 aromatic heterocycles. The number of nitrogens with zero attached hydrogens (tertiary/aromatic N) is 2. The van der Waals surface area contributed by atoms with Crippen LogP contribution in [0.15, 0.2) is 60.0 Å². The van der Waals surface area contributed by atoms with Crippen molar-refractivity contribution in [3.8, 4) is 5.69 Å². The van der Waals surface area contributed by atoms with E-state index < -0.39 is 5.82 Å². The number of imidazole rings is 1. The van der Waals surface area contributed by atoms with E-state index in [1.807, 2.05) is 35.9 Å². The van der Waals surface area contributed by atoms with Gasteiger partial charge < -0.3 is 5.32 Å². The van der Waals surface area contributed by atoms with Crippen molar-refractivity contribution >= 4 is 35.0 Å². The lowest BCUT2D eigenvalue weighted by Gasteiger charge is -2.11. The lowest BCUT2D eigenvalue weighted by molar-refractivity contribution is -0.113. The van der Waals surface area contributed by atoms with E-state index in [0.29, 0.717) is 10.2 Å². The molecule has 0 aliphatic rings. The highest BCUT2D eigenvalue weighted by atomic mass is 35.5. The summed E-state index contributed by atoms with van der Waals surface area (Å²) in [6.45, 7) is 1.93. The zero-order valence-electron chi connectivity index (χ0n) is 13.4. The number of thioether (sulfide) groups is 1. The van der Waals surface area contributed by atoms with Gasteiger partial charge in [-0.15, -0.1) is 0 Å². The van der Waals surface area contributed by atoms with Gasteiger partial charge in [0.25, 0.3) is 0 Å². The van der Waals surface area contributed by atoms with Gasteiger partial charge in [0, 0.05) is 17.4 Å². The Morgan fingerprint density at radius 3 is 2.88 bits per heavy atom. The minimum atomic E-state index is -0.461. The third-order valence-electron chi connectivity index (χ3n) is 3.59. The molecule has 7 heteroatoms. The van der Waals surface area contributed by atoms with Gasteiger partial charge in [-0.25, -0.2) is 9.37 Å². The molecule has 1 heterocycles. The molecule has 0 unspecified atom stereocenters. The number of nitrogens with one attached hydrogen (secondary N) is 1. The molecule has 0 atom stereocenters. The number of anilines is 1. The minimum absolute atomic E-state index is 0.116. The second-order valence-electron chi connectivity index (χ2n) is 5.28. The van der Waals surface area contributed by atoms with E-state index in [4.69, 9.17) is 11.6 Å². The quantitative estimate of drug-likeness (QED) is 0.657. The van der Waals surface area contributed by atoms with Crippen LogP contribution in [0.3, 0.4) is 0 Å². The fourth-order valence-electron chi connectivity index (χ4n) is 2.32. The van der Waals surface area contributed by atoms with Gasteiger partial charge in [0.15, 0.2) is 5.16 Å². The topological polar surface area (TPSA) is 46.9 Å². The molecule has 3 rings (SSSR count). The van der Waals surface area contributed by atoms with Crippen LogP contribution in [-0.4, -0.2) is 21.2 Å². The van der Waals surface area contributed by atoms with Crippen molar-refractivity contribution in [1.29, 1.82) is 0 Å². The highest BCUT2D eigenvalue weighted by Gasteiger charge is 2.12. The SMILES string of the molecule is Cc1c(Cl)cccc1-n1ccnc1SCC(=O)Nc1ccccc1F. The number of hydrogen-bond acceptors (Lipinski definition) is 3. The Morgan fingerprint density at radius 1 is 1.28 bits per heavy atom. The van der Waals surface area contributed by atoms with Crippen molar-refractivity contribution in [3.63, 3.8) is 0 Å². The summed E-state index contributed by atoms with van der Waals surface area (Å²) in [6.07, 6.45) is 3.48. The Morgan fingerprint density at radius 2 is 2.08 bits per heavy atom. The smallest absolute Gasteiger partial charge is 0.234 e. The second kappa shape index (κ2) is 7.72. The molecule has 4 nitrogen and oxygen atoms in total. The third-order valence-corrected chi connectivity index (χ3v) is 4.96. The van der Waals surface area contributed by atoms with Crippen LogP contribution in [0.5, 0.6) is 0 Å². The van der Waals surface area contributed by atoms with Crippen molar-refractivity contribution in [2.45, 2.75) is 12.1 Å². The zero-order valence-corrected chi connectivity index (χ0v) is 14.9. The van der Waals surface area contributed by atoms with E-state index in [0.717, 1.165) is 11.3 Å². The number of hydrogen-bond donors (Lipinski definition) is 1. The maximum absolute atomic E-state index is 13.6. The predicted molar refractivity (Wildman–Crippen MR) is 99.1 cm³/mol. The number of rotatable bonds is 5. The molecule has 0 bridgehead atoms. The van der Waals surface area contributed by atoms with Gasteiger partial charge in [0.2, 0.25) is 5.91 Å². The number of halogens is 2. The van der Waals surface area contributed by atoms with Crippen molar-refractivity contribution < 1.29 is 9.18 Å². The highest BCUT2D eigenvalue weighted by molar-refractivity contribution is 7.99. The van der Waals surface area contributed by atoms with Crippen LogP contribution >= 0.6 is 23.4 Å². The Kier molecular flexibility index (Phi) is 5.40. The summed E-state index contributed by atoms with van der Waals surface area (Å²) < 4.78 is 15.5. The molecule has 128 valence electrons. The highest BCUT2D eigenvalue weighted by Crippen LogP contribution is 2.26. The van der Waals surface area contributed by atoms with Gasteiger partial charge in [0.1, 0.15) is 5.82 Å². The molecular formula is C18H15ClFN3OS. The summed E-state index contributed by atoms with van der Waals surface area (Å²) in [4.78, 5) is 16.4. The summed E-state index contributed by atoms with van der Waals surface area (Å²) in [5.41, 5.74) is 2.00. The number of benzene rings is 2. The zero-order chi connectivity index (χ0) is 17.8. The average Bonchev–Trinajstić information content (AvgIpc) is 3.06. The van der Waals surface area contributed by atoms with Gasteiger partial charge in [0.05, 0.1) is 17.1 Å². The van der Waals surface area contributed by atoms with Gasteiger partial charge in [-0.05, 0) is 36.8 Å². The monoisotopic (exact) mass is 375 g/mol. The Bertz CT molecular complexity index is 913. The van der Waals surface area contributed by atoms with E-state index in [9.17, 15) is 9.18 Å². The largest absolute Gasteiger partial charge is 0.323 e. The van der Waals surface area contributed by atoms with E-state index >= 15 is 0 Å². The molecular weight excluding hydrogens is 361 g/mol. The second-order valence-corrected chi connectivity index (χ2v) is 6.63. The molecule has 0 saturated heterocycles. The van der Waals surface area contributed by atoms with E-state index in [1.54, 1.807) is 18.3 Å². The number of aromatic nitrogens is 2. The van der Waals surface area contributed by atoms with E-state index in [-0.39, 0.29) is 17.3 Å². The van der Waals surface area contributed by atoms with Crippen LogP contribution in [0.4, 0.5) is 10.1 Å². The number of carbonyl (C=O) groups excluding carboxylic acids is 1. The Labute approximate surface area is 154 Å². The minimum Gasteiger partial charge on any atom is -0.323 e. The lowest BCUT2D eigenvalue weighted by Crippen LogP contribution is -2.15. The summed E-state index contributed by atoms with van der Waals surface area (Å²) >= 11 is 7.45. The average molecular weight is 376 g/mol. The number of para-hydroxylation sites is 1. The molecule has 0 radical (unpaired) electrons. The van der Waals surface area contributed by atoms with Gasteiger partial charge >= 0.3 is 0 Å². The van der Waals surface area contributed by atoms with Crippen LogP contribution in [-0.2, 0) is 4.79 Å². The molecule has 1 amide bonds. The van der Waals surface area contributed by atoms with Crippen molar-refractivity contribution in [3.05, 3.63) is 71.3 Å². The van der Waals surface area contributed by atoms with Gasteiger partial charge in [-0.2, -0.15) is 0 Å². The first kappa shape index (κ1) is 17.5. The van der Waals surface area contributed by atoms with E-state index in [1.165, 1.54) is 23.9 Å². The first-order valence-corrected chi connectivity index (χ1v) is 8.88. The van der Waals surface area contributed by atoms with Crippen LogP contribution in [0.25, 0.3) is 5.69 Å². The predicted octanol–water partition coefficient (Wildman–Crippen LogP) is 4.70. The summed E-state index contributed by atoms with van der Waals surface area (Å²) in [7, 11) is 0. The van der Waals surface area contributed by atoms with Crippen molar-refractivity contribution in [2.75, 3.05) is 11.1 Å². The standard InChI is InChI=1S/C18H15ClFN3OS/c1-12-13(19)5-4-8-16(12)23-10-9-21-18(23)25-11-17(24)22-15-7-3-2-6-14(15)20/h2-10H,11H2,1H3,(H,22,24). The molecule has 0 fully saturated rings. The van der Waals surface area contributed by atoms with E-state index in [2.05, 4.69) is 10.3 Å². The van der Waals surface area contributed by atoms with Crippen LogP contribution < -0.4 is 5.32 Å². The summed E-state index contributed by atoms with van der Waals surface area (Å²) in [5.74, 6) is -0.644. The maximum Gasteiger partial charge on any atom is 0.234 e. The van der Waals surface area contributed by atoms with Crippen LogP contribution in [0, 0.1) is 12.7 Å². The lowest BCUT2D eigenvalue weighted by atomic mass is 10.2.